The van der Waals surface area contributed by atoms with Crippen LogP contribution in [0.5, 0.6) is 0 Å². The van der Waals surface area contributed by atoms with Gasteiger partial charge in [-0.25, -0.2) is 4.79 Å². The Morgan fingerprint density at radius 1 is 1.37 bits per heavy atom. The van der Waals surface area contributed by atoms with Gasteiger partial charge in [0, 0.05) is 26.6 Å². The Hall–Kier alpha value is -1.47. The lowest BCUT2D eigenvalue weighted by Gasteiger charge is -2.20. The van der Waals surface area contributed by atoms with E-state index in [-0.39, 0.29) is 18.9 Å². The zero-order valence-corrected chi connectivity index (χ0v) is 11.0. The number of alkyl halides is 3. The molecule has 2 amide bonds. The number of urea groups is 1. The quantitative estimate of drug-likeness (QED) is 0.752. The van der Waals surface area contributed by atoms with E-state index in [2.05, 4.69) is 5.32 Å². The zero-order valence-electron chi connectivity index (χ0n) is 11.0. The molecule has 1 atom stereocenters. The second-order valence-electron chi connectivity index (χ2n) is 4.51. The predicted molar refractivity (Wildman–Crippen MR) is 62.7 cm³/mol. The highest BCUT2D eigenvalue weighted by Crippen LogP contribution is 2.19. The van der Waals surface area contributed by atoms with Crippen LogP contribution in [0.1, 0.15) is 26.2 Å². The van der Waals surface area contributed by atoms with Crippen molar-refractivity contribution < 1.29 is 27.9 Å². The lowest BCUT2D eigenvalue weighted by molar-refractivity contribution is -0.137. The summed E-state index contributed by atoms with van der Waals surface area (Å²) in [5.74, 6) is -0.962. The third kappa shape index (κ3) is 10.2. The molecule has 0 aromatic heterocycles. The maximum atomic E-state index is 12.0. The van der Waals surface area contributed by atoms with E-state index in [1.165, 1.54) is 7.05 Å². The van der Waals surface area contributed by atoms with Crippen molar-refractivity contribution in [1.82, 2.24) is 10.2 Å². The van der Waals surface area contributed by atoms with Crippen LogP contribution in [0.25, 0.3) is 0 Å². The van der Waals surface area contributed by atoms with E-state index in [0.717, 1.165) is 4.90 Å². The smallest absolute Gasteiger partial charge is 0.390 e. The van der Waals surface area contributed by atoms with Gasteiger partial charge in [-0.1, -0.05) is 6.92 Å². The molecule has 0 rings (SSSR count). The second kappa shape index (κ2) is 7.85. The number of carbonyl (C=O) groups excluding carboxylic acids is 1. The van der Waals surface area contributed by atoms with Crippen molar-refractivity contribution in [2.75, 3.05) is 20.1 Å². The van der Waals surface area contributed by atoms with Crippen LogP contribution in [0.2, 0.25) is 0 Å². The van der Waals surface area contributed by atoms with Crippen LogP contribution in [0, 0.1) is 5.92 Å². The number of amides is 2. The average molecular weight is 284 g/mol. The topological polar surface area (TPSA) is 69.6 Å². The number of carboxylic acid groups (broad SMARTS) is 1. The molecule has 0 heterocycles. The van der Waals surface area contributed by atoms with E-state index in [9.17, 15) is 22.8 Å². The van der Waals surface area contributed by atoms with Gasteiger partial charge in [0.05, 0.1) is 6.42 Å². The van der Waals surface area contributed by atoms with E-state index >= 15 is 0 Å². The van der Waals surface area contributed by atoms with Gasteiger partial charge in [-0.15, -0.1) is 0 Å². The molecule has 19 heavy (non-hydrogen) atoms. The molecular formula is C11H19F3N2O3. The Kier molecular flexibility index (Phi) is 7.25. The first-order valence-corrected chi connectivity index (χ1v) is 5.89. The first-order valence-electron chi connectivity index (χ1n) is 5.89. The molecule has 2 N–H and O–H groups in total. The number of nitrogens with zero attached hydrogens (tertiary/aromatic N) is 1. The summed E-state index contributed by atoms with van der Waals surface area (Å²) in [7, 11) is 1.28. The summed E-state index contributed by atoms with van der Waals surface area (Å²) >= 11 is 0. The van der Waals surface area contributed by atoms with Gasteiger partial charge < -0.3 is 15.3 Å². The predicted octanol–water partition coefficient (Wildman–Crippen LogP) is 2.08. The normalized spacial score (nSPS) is 12.9. The third-order valence-electron chi connectivity index (χ3n) is 2.53. The molecule has 0 saturated carbocycles. The first kappa shape index (κ1) is 17.5. The molecule has 0 spiro atoms. The fraction of sp³-hybridized carbons (Fsp3) is 0.818. The molecule has 0 aliphatic heterocycles. The molecule has 1 unspecified atom stereocenters. The molecule has 0 aliphatic rings. The van der Waals surface area contributed by atoms with Crippen molar-refractivity contribution in [3.63, 3.8) is 0 Å². The van der Waals surface area contributed by atoms with Crippen molar-refractivity contribution in [2.24, 2.45) is 5.92 Å². The second-order valence-corrected chi connectivity index (χ2v) is 4.51. The van der Waals surface area contributed by atoms with E-state index in [0.29, 0.717) is 6.42 Å². The summed E-state index contributed by atoms with van der Waals surface area (Å²) in [5, 5.41) is 10.9. The summed E-state index contributed by atoms with van der Waals surface area (Å²) < 4.78 is 35.9. The van der Waals surface area contributed by atoms with Crippen LogP contribution in [-0.4, -0.2) is 48.3 Å². The minimum Gasteiger partial charge on any atom is -0.481 e. The SMILES string of the molecule is CC(CCC(=O)O)CNC(=O)N(C)CCC(F)(F)F. The van der Waals surface area contributed by atoms with Gasteiger partial charge in [0.1, 0.15) is 0 Å². The van der Waals surface area contributed by atoms with Crippen LogP contribution in [0.15, 0.2) is 0 Å². The van der Waals surface area contributed by atoms with E-state index < -0.39 is 31.1 Å². The lowest BCUT2D eigenvalue weighted by Crippen LogP contribution is -2.40. The standard InChI is InChI=1S/C11H19F3N2O3/c1-8(3-4-9(17)18)7-15-10(19)16(2)6-5-11(12,13)14/h8H,3-7H2,1-2H3,(H,15,19)(H,17,18). The number of carboxylic acids is 1. The van der Waals surface area contributed by atoms with Crippen molar-refractivity contribution in [3.8, 4) is 0 Å². The van der Waals surface area contributed by atoms with Crippen LogP contribution in [0.3, 0.4) is 0 Å². The van der Waals surface area contributed by atoms with E-state index in [1.54, 1.807) is 6.92 Å². The Balaban J connectivity index is 3.87. The van der Waals surface area contributed by atoms with Crippen molar-refractivity contribution in [1.29, 1.82) is 0 Å². The summed E-state index contributed by atoms with van der Waals surface area (Å²) in [6.45, 7) is 1.60. The molecule has 112 valence electrons. The van der Waals surface area contributed by atoms with Crippen LogP contribution >= 0.6 is 0 Å². The monoisotopic (exact) mass is 284 g/mol. The van der Waals surface area contributed by atoms with Crippen molar-refractivity contribution in [2.45, 2.75) is 32.4 Å². The minimum absolute atomic E-state index is 0.000943. The van der Waals surface area contributed by atoms with Gasteiger partial charge in [0.25, 0.3) is 0 Å². The summed E-state index contributed by atoms with van der Waals surface area (Å²) in [6.07, 6.45) is -4.93. The summed E-state index contributed by atoms with van der Waals surface area (Å²) in [5.41, 5.74) is 0. The number of aliphatic carboxylic acids is 1. The fourth-order valence-electron chi connectivity index (χ4n) is 1.26. The van der Waals surface area contributed by atoms with Gasteiger partial charge in [0.15, 0.2) is 0 Å². The molecule has 0 saturated heterocycles. The molecule has 8 heteroatoms. The highest BCUT2D eigenvalue weighted by atomic mass is 19.4. The number of halogens is 3. The van der Waals surface area contributed by atoms with E-state index in [4.69, 9.17) is 5.11 Å². The minimum atomic E-state index is -4.29. The summed E-state index contributed by atoms with van der Waals surface area (Å²) in [6, 6.07) is -0.591. The number of hydrogen-bond donors (Lipinski definition) is 2. The van der Waals surface area contributed by atoms with Crippen molar-refractivity contribution >= 4 is 12.0 Å². The Labute approximate surface area is 109 Å². The fourth-order valence-corrected chi connectivity index (χ4v) is 1.26. The van der Waals surface area contributed by atoms with Gasteiger partial charge in [-0.3, -0.25) is 4.79 Å². The Morgan fingerprint density at radius 3 is 2.42 bits per heavy atom. The maximum absolute atomic E-state index is 12.0. The number of nitrogens with one attached hydrogen (secondary N) is 1. The Morgan fingerprint density at radius 2 is 1.95 bits per heavy atom. The molecule has 0 fully saturated rings. The largest absolute Gasteiger partial charge is 0.481 e. The Bertz CT molecular complexity index is 308. The number of carbonyl (C=O) groups is 2. The highest BCUT2D eigenvalue weighted by molar-refractivity contribution is 5.73. The van der Waals surface area contributed by atoms with Gasteiger partial charge in [-0.2, -0.15) is 13.2 Å². The molecular weight excluding hydrogens is 265 g/mol. The van der Waals surface area contributed by atoms with Gasteiger partial charge in [-0.05, 0) is 12.3 Å². The summed E-state index contributed by atoms with van der Waals surface area (Å²) in [4.78, 5) is 22.7. The molecule has 0 aliphatic carbocycles. The van der Waals surface area contributed by atoms with Crippen LogP contribution < -0.4 is 5.32 Å². The van der Waals surface area contributed by atoms with Gasteiger partial charge in [0.2, 0.25) is 0 Å². The lowest BCUT2D eigenvalue weighted by atomic mass is 10.1. The average Bonchev–Trinajstić information content (AvgIpc) is 2.29. The van der Waals surface area contributed by atoms with Crippen LogP contribution in [0.4, 0.5) is 18.0 Å². The highest BCUT2D eigenvalue weighted by Gasteiger charge is 2.28. The maximum Gasteiger partial charge on any atom is 0.390 e. The molecule has 5 nitrogen and oxygen atoms in total. The molecule has 0 radical (unpaired) electrons. The van der Waals surface area contributed by atoms with E-state index in [1.807, 2.05) is 0 Å². The van der Waals surface area contributed by atoms with Crippen molar-refractivity contribution in [3.05, 3.63) is 0 Å². The molecule has 0 aromatic carbocycles. The number of hydrogen-bond acceptors (Lipinski definition) is 2. The molecule has 0 aromatic rings. The zero-order chi connectivity index (χ0) is 15.1. The van der Waals surface area contributed by atoms with Crippen LogP contribution in [-0.2, 0) is 4.79 Å². The van der Waals surface area contributed by atoms with Gasteiger partial charge >= 0.3 is 18.2 Å². The molecule has 0 bridgehead atoms. The number of rotatable bonds is 7. The first-order chi connectivity index (χ1) is 8.61. The third-order valence-corrected chi connectivity index (χ3v) is 2.53.